The molecule has 156 valence electrons. The molecule has 0 saturated carbocycles. The van der Waals surface area contributed by atoms with Crippen molar-refractivity contribution in [2.24, 2.45) is 9.98 Å². The lowest BCUT2D eigenvalue weighted by Crippen LogP contribution is -2.31. The Morgan fingerprint density at radius 1 is 1.29 bits per heavy atom. The molecule has 1 unspecified atom stereocenters. The molecule has 1 atom stereocenters. The molecule has 8 nitrogen and oxygen atoms in total. The van der Waals surface area contributed by atoms with E-state index in [1.165, 1.54) is 18.6 Å². The highest BCUT2D eigenvalue weighted by Crippen LogP contribution is 2.36. The number of rotatable bonds is 5. The molecule has 0 amide bonds. The van der Waals surface area contributed by atoms with Crippen LogP contribution in [0.5, 0.6) is 0 Å². The van der Waals surface area contributed by atoms with Crippen LogP contribution in [0.3, 0.4) is 0 Å². The number of oxazole rings is 1. The first-order chi connectivity index (χ1) is 15.1. The van der Waals surface area contributed by atoms with E-state index in [1.807, 2.05) is 13.0 Å². The minimum absolute atomic E-state index is 0.394. The van der Waals surface area contributed by atoms with E-state index in [0.29, 0.717) is 35.1 Å². The summed E-state index contributed by atoms with van der Waals surface area (Å²) in [5.41, 5.74) is 4.08. The topological polar surface area (TPSA) is 104 Å². The second kappa shape index (κ2) is 7.50. The summed E-state index contributed by atoms with van der Waals surface area (Å²) in [4.78, 5) is 23.8. The Labute approximate surface area is 178 Å². The third kappa shape index (κ3) is 3.31. The van der Waals surface area contributed by atoms with Crippen molar-refractivity contribution >= 4 is 29.6 Å². The molecule has 0 saturated heterocycles. The number of aryl methyl sites for hydroxylation is 1. The maximum Gasteiger partial charge on any atom is 0.191 e. The van der Waals surface area contributed by atoms with Gasteiger partial charge >= 0.3 is 0 Å². The Bertz CT molecular complexity index is 1250. The van der Waals surface area contributed by atoms with E-state index in [2.05, 4.69) is 29.8 Å². The Balaban J connectivity index is 1.44. The fourth-order valence-corrected chi connectivity index (χ4v) is 3.99. The summed E-state index contributed by atoms with van der Waals surface area (Å²) < 4.78 is 20.1. The third-order valence-corrected chi connectivity index (χ3v) is 5.50. The fraction of sp³-hybridized carbons (Fsp3) is 0.273. The lowest BCUT2D eigenvalue weighted by Gasteiger charge is -2.27. The summed E-state index contributed by atoms with van der Waals surface area (Å²) in [5, 5.41) is 7.60. The van der Waals surface area contributed by atoms with E-state index in [0.717, 1.165) is 35.8 Å². The second-order valence-corrected chi connectivity index (χ2v) is 7.49. The van der Waals surface area contributed by atoms with Gasteiger partial charge in [-0.15, -0.1) is 0 Å². The minimum atomic E-state index is -0.522. The first kappa shape index (κ1) is 19.2. The van der Waals surface area contributed by atoms with Gasteiger partial charge in [-0.3, -0.25) is 4.99 Å². The summed E-state index contributed by atoms with van der Waals surface area (Å²) in [7, 11) is 1.61. The van der Waals surface area contributed by atoms with Crippen LogP contribution in [0.2, 0.25) is 0 Å². The molecule has 31 heavy (non-hydrogen) atoms. The molecule has 0 radical (unpaired) electrons. The van der Waals surface area contributed by atoms with Crippen LogP contribution in [0.1, 0.15) is 40.1 Å². The molecule has 3 aromatic rings. The molecular weight excluding hydrogens is 397 g/mol. The molecular formula is C22H20FN7O. The Morgan fingerprint density at radius 3 is 2.97 bits per heavy atom. The Morgan fingerprint density at radius 2 is 2.16 bits per heavy atom. The predicted octanol–water partition coefficient (Wildman–Crippen LogP) is 3.39. The van der Waals surface area contributed by atoms with Crippen molar-refractivity contribution in [1.82, 2.24) is 15.0 Å². The van der Waals surface area contributed by atoms with Crippen LogP contribution in [0, 0.1) is 18.2 Å². The summed E-state index contributed by atoms with van der Waals surface area (Å²) >= 11 is 0. The van der Waals surface area contributed by atoms with E-state index >= 15 is 0 Å². The van der Waals surface area contributed by atoms with Crippen LogP contribution in [0.15, 0.2) is 38.9 Å². The highest BCUT2D eigenvalue weighted by molar-refractivity contribution is 6.21. The average Bonchev–Trinajstić information content (AvgIpc) is 3.14. The molecule has 0 fully saturated rings. The van der Waals surface area contributed by atoms with Crippen LogP contribution in [0.4, 0.5) is 15.9 Å². The Kier molecular flexibility index (Phi) is 4.65. The molecule has 4 heterocycles. The zero-order chi connectivity index (χ0) is 21.5. The third-order valence-electron chi connectivity index (χ3n) is 5.50. The zero-order valence-electron chi connectivity index (χ0n) is 17.1. The van der Waals surface area contributed by atoms with Gasteiger partial charge in [0.2, 0.25) is 0 Å². The molecule has 2 aliphatic rings. The number of hydrogen-bond donors (Lipinski definition) is 1. The summed E-state index contributed by atoms with van der Waals surface area (Å²) in [6, 6.07) is 5.02. The van der Waals surface area contributed by atoms with E-state index in [-0.39, 0.29) is 0 Å². The van der Waals surface area contributed by atoms with Gasteiger partial charge in [-0.25, -0.2) is 24.3 Å². The van der Waals surface area contributed by atoms with Crippen LogP contribution in [0.25, 0.3) is 0 Å². The van der Waals surface area contributed by atoms with Crippen LogP contribution < -0.4 is 4.90 Å². The largest absolute Gasteiger partial charge is 0.446 e. The van der Waals surface area contributed by atoms with E-state index in [9.17, 15) is 4.39 Å². The van der Waals surface area contributed by atoms with Gasteiger partial charge < -0.3 is 14.7 Å². The van der Waals surface area contributed by atoms with Gasteiger partial charge in [0.25, 0.3) is 0 Å². The van der Waals surface area contributed by atoms with E-state index in [4.69, 9.17) is 9.83 Å². The van der Waals surface area contributed by atoms with Gasteiger partial charge in [-0.1, -0.05) is 0 Å². The standard InChI is InChI=1S/C22H20FN7O/c1-12-28-19-10-30(4-3-20(19)31-12)21-7-18(26-11-27-21)22-15-5-14(13(8-24)9-25-2)16(23)6-17(15)29-22/h5-9,11,13,24H,3-4,10H2,1-2H3. The van der Waals surface area contributed by atoms with Crippen LogP contribution >= 0.6 is 0 Å². The molecule has 0 bridgehead atoms. The van der Waals surface area contributed by atoms with Gasteiger partial charge in [0.1, 0.15) is 29.4 Å². The van der Waals surface area contributed by atoms with E-state index in [1.54, 1.807) is 19.3 Å². The molecule has 2 aliphatic heterocycles. The van der Waals surface area contributed by atoms with Gasteiger partial charge in [0, 0.05) is 62.6 Å². The molecule has 5 rings (SSSR count). The van der Waals surface area contributed by atoms with Crippen LogP contribution in [-0.4, -0.2) is 46.7 Å². The minimum Gasteiger partial charge on any atom is -0.446 e. The summed E-state index contributed by atoms with van der Waals surface area (Å²) in [6.07, 6.45) is 5.01. The van der Waals surface area contributed by atoms with Gasteiger partial charge in [0.05, 0.1) is 29.6 Å². The van der Waals surface area contributed by atoms with Crippen molar-refractivity contribution in [1.29, 1.82) is 5.41 Å². The van der Waals surface area contributed by atoms with Crippen molar-refractivity contribution in [3.05, 3.63) is 64.5 Å². The van der Waals surface area contributed by atoms with Gasteiger partial charge in [-0.2, -0.15) is 0 Å². The normalized spacial score (nSPS) is 15.8. The maximum absolute atomic E-state index is 14.5. The fourth-order valence-electron chi connectivity index (χ4n) is 3.99. The number of nitrogens with one attached hydrogen (secondary N) is 1. The van der Waals surface area contributed by atoms with Gasteiger partial charge in [-0.05, 0) is 6.07 Å². The highest BCUT2D eigenvalue weighted by Gasteiger charge is 2.27. The van der Waals surface area contributed by atoms with Crippen molar-refractivity contribution < 1.29 is 8.81 Å². The lowest BCUT2D eigenvalue weighted by atomic mass is 9.91. The van der Waals surface area contributed by atoms with Crippen molar-refractivity contribution in [2.45, 2.75) is 25.8 Å². The first-order valence-electron chi connectivity index (χ1n) is 9.95. The molecule has 0 spiro atoms. The van der Waals surface area contributed by atoms with Crippen molar-refractivity contribution in [2.75, 3.05) is 18.5 Å². The van der Waals surface area contributed by atoms with E-state index < -0.39 is 11.7 Å². The first-order valence-corrected chi connectivity index (χ1v) is 9.95. The zero-order valence-corrected chi connectivity index (χ0v) is 17.1. The number of benzene rings is 1. The molecule has 1 aromatic carbocycles. The monoisotopic (exact) mass is 417 g/mol. The molecule has 2 aromatic heterocycles. The number of anilines is 1. The number of fused-ring (bicyclic) bond motifs is 2. The van der Waals surface area contributed by atoms with Crippen LogP contribution in [-0.2, 0) is 13.0 Å². The second-order valence-electron chi connectivity index (χ2n) is 7.49. The highest BCUT2D eigenvalue weighted by atomic mass is 19.1. The Hall–Kier alpha value is -3.75. The van der Waals surface area contributed by atoms with Gasteiger partial charge in [0.15, 0.2) is 5.89 Å². The molecule has 0 aliphatic carbocycles. The maximum atomic E-state index is 14.5. The summed E-state index contributed by atoms with van der Waals surface area (Å²) in [5.74, 6) is 1.48. The average molecular weight is 417 g/mol. The number of aliphatic imine (C=N–C) groups is 2. The molecule has 1 N–H and O–H groups in total. The molecule has 9 heteroatoms. The number of aromatic nitrogens is 3. The quantitative estimate of drug-likeness (QED) is 0.501. The number of nitrogens with zero attached hydrogens (tertiary/aromatic N) is 6. The van der Waals surface area contributed by atoms with Crippen molar-refractivity contribution in [3.63, 3.8) is 0 Å². The summed E-state index contributed by atoms with van der Waals surface area (Å²) in [6.45, 7) is 3.25. The number of hydrogen-bond acceptors (Lipinski definition) is 8. The SMILES string of the molecule is CN=CC(C=N)c1cc2c(cc1F)N=C2c1cc(N2CCc3oc(C)nc3C2)ncn1. The lowest BCUT2D eigenvalue weighted by molar-refractivity contribution is 0.463. The number of halogens is 1. The predicted molar refractivity (Wildman–Crippen MR) is 116 cm³/mol. The smallest absolute Gasteiger partial charge is 0.191 e. The van der Waals surface area contributed by atoms with Crippen molar-refractivity contribution in [3.8, 4) is 0 Å².